The van der Waals surface area contributed by atoms with E-state index in [0.29, 0.717) is 22.9 Å². The number of hydrogen-bond acceptors (Lipinski definition) is 3. The van der Waals surface area contributed by atoms with Crippen molar-refractivity contribution in [3.63, 3.8) is 0 Å². The first-order valence-corrected chi connectivity index (χ1v) is 6.65. The largest absolute Gasteiger partial charge is 0.478 e. The molecule has 5 heteroatoms. The molecule has 0 atom stereocenters. The Morgan fingerprint density at radius 1 is 1.35 bits per heavy atom. The van der Waals surface area contributed by atoms with Crippen molar-refractivity contribution in [1.82, 2.24) is 4.98 Å². The smallest absolute Gasteiger partial charge is 0.335 e. The lowest BCUT2D eigenvalue weighted by molar-refractivity contribution is 0.0696. The molecule has 1 aromatic carbocycles. The number of aromatic carboxylic acids is 1. The van der Waals surface area contributed by atoms with Crippen LogP contribution in [0.2, 0.25) is 5.02 Å². The van der Waals surface area contributed by atoms with Crippen molar-refractivity contribution in [2.75, 3.05) is 5.32 Å². The lowest BCUT2D eigenvalue weighted by Crippen LogP contribution is -2.03. The molecule has 0 radical (unpaired) electrons. The van der Waals surface area contributed by atoms with E-state index in [1.807, 2.05) is 32.0 Å². The summed E-state index contributed by atoms with van der Waals surface area (Å²) in [7, 11) is 0. The number of aryl methyl sites for hydroxylation is 2. The van der Waals surface area contributed by atoms with Crippen molar-refractivity contribution in [2.45, 2.75) is 20.3 Å². The third kappa shape index (κ3) is 3.27. The Morgan fingerprint density at radius 3 is 2.70 bits per heavy atom. The monoisotopic (exact) mass is 290 g/mol. The van der Waals surface area contributed by atoms with Gasteiger partial charge in [-0.1, -0.05) is 24.6 Å². The van der Waals surface area contributed by atoms with Crippen LogP contribution in [0.25, 0.3) is 0 Å². The molecule has 1 heterocycles. The molecule has 2 N–H and O–H groups in total. The van der Waals surface area contributed by atoms with E-state index in [1.165, 1.54) is 6.07 Å². The second kappa shape index (κ2) is 5.92. The van der Waals surface area contributed by atoms with Crippen LogP contribution in [0.5, 0.6) is 0 Å². The van der Waals surface area contributed by atoms with E-state index in [2.05, 4.69) is 10.3 Å². The topological polar surface area (TPSA) is 62.2 Å². The van der Waals surface area contributed by atoms with Crippen molar-refractivity contribution >= 4 is 29.1 Å². The van der Waals surface area contributed by atoms with E-state index in [4.69, 9.17) is 16.7 Å². The number of nitrogens with one attached hydrogen (secondary N) is 1. The molecule has 0 spiro atoms. The normalized spacial score (nSPS) is 10.3. The Hall–Kier alpha value is -2.07. The molecule has 0 aliphatic carbocycles. The first-order chi connectivity index (χ1) is 9.49. The molecular formula is C15H15ClN2O2. The third-order valence-corrected chi connectivity index (χ3v) is 3.19. The van der Waals surface area contributed by atoms with Gasteiger partial charge in [-0.15, -0.1) is 0 Å². The first kappa shape index (κ1) is 14.3. The molecule has 0 fully saturated rings. The van der Waals surface area contributed by atoms with Gasteiger partial charge in [0.1, 0.15) is 5.82 Å². The molecule has 1 aromatic heterocycles. The van der Waals surface area contributed by atoms with Crippen LogP contribution in [-0.4, -0.2) is 16.1 Å². The van der Waals surface area contributed by atoms with Crippen molar-refractivity contribution in [1.29, 1.82) is 0 Å². The summed E-state index contributed by atoms with van der Waals surface area (Å²) in [5.74, 6) is -0.493. The minimum atomic E-state index is -0.972. The van der Waals surface area contributed by atoms with E-state index >= 15 is 0 Å². The van der Waals surface area contributed by atoms with Crippen molar-refractivity contribution in [3.05, 3.63) is 52.2 Å². The van der Waals surface area contributed by atoms with E-state index in [9.17, 15) is 4.79 Å². The average Bonchev–Trinajstić information content (AvgIpc) is 2.41. The van der Waals surface area contributed by atoms with Crippen LogP contribution in [-0.2, 0) is 6.42 Å². The molecule has 20 heavy (non-hydrogen) atoms. The molecule has 0 unspecified atom stereocenters. The molecule has 2 aromatic rings. The molecule has 0 aliphatic rings. The van der Waals surface area contributed by atoms with Crippen LogP contribution in [0.3, 0.4) is 0 Å². The Morgan fingerprint density at radius 2 is 2.10 bits per heavy atom. The van der Waals surface area contributed by atoms with Crippen LogP contribution >= 0.6 is 11.6 Å². The van der Waals surface area contributed by atoms with Gasteiger partial charge in [0.2, 0.25) is 0 Å². The molecule has 0 amide bonds. The van der Waals surface area contributed by atoms with Crippen molar-refractivity contribution in [2.24, 2.45) is 0 Å². The van der Waals surface area contributed by atoms with Crippen LogP contribution in [0.4, 0.5) is 11.5 Å². The highest BCUT2D eigenvalue weighted by Crippen LogP contribution is 2.26. The molecule has 2 rings (SSSR count). The van der Waals surface area contributed by atoms with Gasteiger partial charge in [0, 0.05) is 5.69 Å². The minimum absolute atomic E-state index is 0.211. The van der Waals surface area contributed by atoms with Crippen LogP contribution in [0.1, 0.15) is 28.5 Å². The maximum Gasteiger partial charge on any atom is 0.335 e. The lowest BCUT2D eigenvalue weighted by atomic mass is 10.2. The number of hydrogen-bond donors (Lipinski definition) is 2. The van der Waals surface area contributed by atoms with Crippen molar-refractivity contribution < 1.29 is 9.90 Å². The highest BCUT2D eigenvalue weighted by Gasteiger charge is 2.09. The number of benzene rings is 1. The van der Waals surface area contributed by atoms with Crippen molar-refractivity contribution in [3.8, 4) is 0 Å². The fourth-order valence-electron chi connectivity index (χ4n) is 1.82. The molecular weight excluding hydrogens is 276 g/mol. The maximum absolute atomic E-state index is 11.1. The van der Waals surface area contributed by atoms with E-state index < -0.39 is 5.97 Å². The molecule has 0 bridgehead atoms. The zero-order chi connectivity index (χ0) is 14.7. The van der Waals surface area contributed by atoms with E-state index in [1.54, 1.807) is 6.07 Å². The standard InChI is InChI=1S/C15H15ClN2O2/c1-3-11-7-10(15(19)20)8-14(17-11)18-13-5-4-9(2)6-12(13)16/h4-8H,3H2,1-2H3,(H,17,18)(H,19,20). The molecule has 0 saturated heterocycles. The Bertz CT molecular complexity index is 656. The van der Waals surface area contributed by atoms with Gasteiger partial charge < -0.3 is 10.4 Å². The highest BCUT2D eigenvalue weighted by atomic mass is 35.5. The fraction of sp³-hybridized carbons (Fsp3) is 0.200. The Kier molecular flexibility index (Phi) is 4.25. The molecule has 0 aliphatic heterocycles. The van der Waals surface area contributed by atoms with Gasteiger partial charge in [-0.3, -0.25) is 0 Å². The van der Waals surface area contributed by atoms with Crippen LogP contribution in [0.15, 0.2) is 30.3 Å². The van der Waals surface area contributed by atoms with Gasteiger partial charge in [0.15, 0.2) is 0 Å². The lowest BCUT2D eigenvalue weighted by Gasteiger charge is -2.10. The summed E-state index contributed by atoms with van der Waals surface area (Å²) in [6, 6.07) is 8.68. The second-order valence-corrected chi connectivity index (χ2v) is 4.91. The number of carbonyl (C=O) groups is 1. The highest BCUT2D eigenvalue weighted by molar-refractivity contribution is 6.33. The fourth-order valence-corrected chi connectivity index (χ4v) is 2.10. The number of anilines is 2. The summed E-state index contributed by atoms with van der Waals surface area (Å²) in [5, 5.41) is 12.7. The minimum Gasteiger partial charge on any atom is -0.478 e. The maximum atomic E-state index is 11.1. The second-order valence-electron chi connectivity index (χ2n) is 4.50. The van der Waals surface area contributed by atoms with Gasteiger partial charge in [0.05, 0.1) is 16.3 Å². The molecule has 104 valence electrons. The summed E-state index contributed by atoms with van der Waals surface area (Å²) in [5.41, 5.74) is 2.69. The zero-order valence-corrected chi connectivity index (χ0v) is 12.0. The number of carboxylic acids is 1. The Balaban J connectivity index is 2.37. The van der Waals surface area contributed by atoms with E-state index in [0.717, 1.165) is 11.3 Å². The average molecular weight is 291 g/mol. The number of pyridine rings is 1. The predicted octanol–water partition coefficient (Wildman–Crippen LogP) is 4.05. The zero-order valence-electron chi connectivity index (χ0n) is 11.3. The van der Waals surface area contributed by atoms with Gasteiger partial charge in [-0.05, 0) is 43.2 Å². The SMILES string of the molecule is CCc1cc(C(=O)O)cc(Nc2ccc(C)cc2Cl)n1. The summed E-state index contributed by atoms with van der Waals surface area (Å²) >= 11 is 6.15. The predicted molar refractivity (Wildman–Crippen MR) is 80.0 cm³/mol. The molecule has 0 saturated carbocycles. The Labute approximate surface area is 122 Å². The summed E-state index contributed by atoms with van der Waals surface area (Å²) in [4.78, 5) is 15.5. The number of carboxylic acid groups (broad SMARTS) is 1. The number of halogens is 1. The van der Waals surface area contributed by atoms with Gasteiger partial charge in [-0.25, -0.2) is 9.78 Å². The van der Waals surface area contributed by atoms with Gasteiger partial charge in [0.25, 0.3) is 0 Å². The molecule has 4 nitrogen and oxygen atoms in total. The van der Waals surface area contributed by atoms with Gasteiger partial charge in [-0.2, -0.15) is 0 Å². The number of rotatable bonds is 4. The van der Waals surface area contributed by atoms with Gasteiger partial charge >= 0.3 is 5.97 Å². The number of aromatic nitrogens is 1. The quantitative estimate of drug-likeness (QED) is 0.892. The first-order valence-electron chi connectivity index (χ1n) is 6.27. The third-order valence-electron chi connectivity index (χ3n) is 2.87. The van der Waals surface area contributed by atoms with E-state index in [-0.39, 0.29) is 5.56 Å². The van der Waals surface area contributed by atoms with Crippen LogP contribution in [0, 0.1) is 6.92 Å². The van der Waals surface area contributed by atoms with Crippen LogP contribution < -0.4 is 5.32 Å². The summed E-state index contributed by atoms with van der Waals surface area (Å²) < 4.78 is 0. The summed E-state index contributed by atoms with van der Waals surface area (Å²) in [6.45, 7) is 3.88. The summed E-state index contributed by atoms with van der Waals surface area (Å²) in [6.07, 6.45) is 0.664. The number of nitrogens with zero attached hydrogens (tertiary/aromatic N) is 1.